The second kappa shape index (κ2) is 5.18. The highest BCUT2D eigenvalue weighted by Crippen LogP contribution is 2.43. The maximum atomic E-state index is 12.1. The number of rotatable bonds is 3. The van der Waals surface area contributed by atoms with Gasteiger partial charge in [0.15, 0.2) is 0 Å². The highest BCUT2D eigenvalue weighted by atomic mass is 35.5. The minimum Gasteiger partial charge on any atom is -0.365 e. The topological polar surface area (TPSA) is 44.4 Å². The number of benzene rings is 1. The second-order valence-electron chi connectivity index (χ2n) is 6.44. The van der Waals surface area contributed by atoms with Gasteiger partial charge < -0.3 is 15.5 Å². The average Bonchev–Trinajstić information content (AvgIpc) is 2.90. The molecule has 0 saturated carbocycles. The van der Waals surface area contributed by atoms with E-state index in [1.54, 1.807) is 0 Å². The minimum atomic E-state index is -0.289. The molecule has 2 heterocycles. The smallest absolute Gasteiger partial charge is 0.246 e. The lowest BCUT2D eigenvalue weighted by Crippen LogP contribution is -2.38. The third-order valence-electron chi connectivity index (χ3n) is 4.55. The van der Waals surface area contributed by atoms with Crippen molar-refractivity contribution in [3.05, 3.63) is 22.7 Å². The average molecular weight is 308 g/mol. The van der Waals surface area contributed by atoms with Gasteiger partial charge in [0, 0.05) is 23.3 Å². The van der Waals surface area contributed by atoms with Crippen molar-refractivity contribution >= 4 is 28.9 Å². The number of carbonyl (C=O) groups is 1. The van der Waals surface area contributed by atoms with Crippen LogP contribution in [0.1, 0.15) is 45.2 Å². The molecule has 1 saturated heterocycles. The molecule has 3 rings (SSSR count). The first-order chi connectivity index (χ1) is 9.94. The fraction of sp³-hybridized carbons (Fsp3) is 0.562. The number of anilines is 2. The highest BCUT2D eigenvalue weighted by Gasteiger charge is 2.36. The molecule has 4 nitrogen and oxygen atoms in total. The van der Waals surface area contributed by atoms with Crippen molar-refractivity contribution in [1.29, 1.82) is 0 Å². The van der Waals surface area contributed by atoms with Gasteiger partial charge in [-0.3, -0.25) is 4.79 Å². The molecule has 1 atom stereocenters. The predicted octanol–water partition coefficient (Wildman–Crippen LogP) is 3.32. The van der Waals surface area contributed by atoms with Crippen molar-refractivity contribution in [1.82, 2.24) is 5.32 Å². The SMILES string of the molecule is CCNC1C(=O)Nc2cc(N3CCCC3(C)C)c(Cl)cc21. The number of nitrogens with one attached hydrogen (secondary N) is 2. The summed E-state index contributed by atoms with van der Waals surface area (Å²) in [5.74, 6) is 0.000693. The molecule has 5 heteroatoms. The number of fused-ring (bicyclic) bond motifs is 1. The van der Waals surface area contributed by atoms with Crippen molar-refractivity contribution < 1.29 is 4.79 Å². The molecule has 114 valence electrons. The van der Waals surface area contributed by atoms with Crippen LogP contribution in [0, 0.1) is 0 Å². The Hall–Kier alpha value is -1.26. The summed E-state index contributed by atoms with van der Waals surface area (Å²) in [5, 5.41) is 6.89. The minimum absolute atomic E-state index is 0.000693. The normalized spacial score (nSPS) is 23.3. The van der Waals surface area contributed by atoms with Crippen molar-refractivity contribution in [2.75, 3.05) is 23.3 Å². The molecule has 0 bridgehead atoms. The van der Waals surface area contributed by atoms with E-state index in [1.807, 2.05) is 19.1 Å². The molecule has 0 aromatic heterocycles. The Morgan fingerprint density at radius 1 is 1.48 bits per heavy atom. The van der Waals surface area contributed by atoms with Crippen LogP contribution in [-0.2, 0) is 4.79 Å². The van der Waals surface area contributed by atoms with E-state index in [0.29, 0.717) is 0 Å². The summed E-state index contributed by atoms with van der Waals surface area (Å²) >= 11 is 6.52. The van der Waals surface area contributed by atoms with Gasteiger partial charge in [0.05, 0.1) is 10.7 Å². The Balaban J connectivity index is 2.00. The second-order valence-corrected chi connectivity index (χ2v) is 6.85. The summed E-state index contributed by atoms with van der Waals surface area (Å²) in [6.07, 6.45) is 2.33. The van der Waals surface area contributed by atoms with Crippen LogP contribution in [-0.4, -0.2) is 24.5 Å². The van der Waals surface area contributed by atoms with E-state index >= 15 is 0 Å². The Morgan fingerprint density at radius 3 is 2.86 bits per heavy atom. The number of nitrogens with zero attached hydrogens (tertiary/aromatic N) is 1. The molecule has 21 heavy (non-hydrogen) atoms. The van der Waals surface area contributed by atoms with Crippen LogP contribution in [0.25, 0.3) is 0 Å². The van der Waals surface area contributed by atoms with Gasteiger partial charge in [-0.1, -0.05) is 18.5 Å². The summed E-state index contributed by atoms with van der Waals surface area (Å²) in [6.45, 7) is 8.23. The monoisotopic (exact) mass is 307 g/mol. The summed E-state index contributed by atoms with van der Waals surface area (Å²) in [4.78, 5) is 14.4. The molecule has 1 aromatic rings. The van der Waals surface area contributed by atoms with Crippen molar-refractivity contribution in [2.45, 2.75) is 45.2 Å². The van der Waals surface area contributed by atoms with Gasteiger partial charge in [-0.25, -0.2) is 0 Å². The van der Waals surface area contributed by atoms with E-state index in [9.17, 15) is 4.79 Å². The van der Waals surface area contributed by atoms with Gasteiger partial charge >= 0.3 is 0 Å². The van der Waals surface area contributed by atoms with Crippen LogP contribution < -0.4 is 15.5 Å². The van der Waals surface area contributed by atoms with Crippen LogP contribution in [0.4, 0.5) is 11.4 Å². The Kier molecular flexibility index (Phi) is 3.62. The number of amides is 1. The fourth-order valence-corrected chi connectivity index (χ4v) is 3.71. The highest BCUT2D eigenvalue weighted by molar-refractivity contribution is 6.33. The molecular weight excluding hydrogens is 286 g/mol. The standard InChI is InChI=1S/C16H22ClN3O/c1-4-18-14-10-8-11(17)13(9-12(10)19-15(14)21)20-7-5-6-16(20,2)3/h8-9,14,18H,4-7H2,1-3H3,(H,19,21). The molecule has 1 fully saturated rings. The van der Waals surface area contributed by atoms with Crippen molar-refractivity contribution in [2.24, 2.45) is 0 Å². The molecule has 1 aromatic carbocycles. The maximum Gasteiger partial charge on any atom is 0.246 e. The number of likely N-dealkylation sites (N-methyl/N-ethyl adjacent to an activating group) is 1. The lowest BCUT2D eigenvalue weighted by atomic mass is 10.0. The van der Waals surface area contributed by atoms with Crippen molar-refractivity contribution in [3.63, 3.8) is 0 Å². The Labute approximate surface area is 130 Å². The summed E-state index contributed by atoms with van der Waals surface area (Å²) in [6, 6.07) is 3.68. The van der Waals surface area contributed by atoms with Gasteiger partial charge in [-0.05, 0) is 45.4 Å². The lowest BCUT2D eigenvalue weighted by molar-refractivity contribution is -0.117. The van der Waals surface area contributed by atoms with E-state index < -0.39 is 0 Å². The molecule has 0 aliphatic carbocycles. The molecule has 2 N–H and O–H groups in total. The lowest BCUT2D eigenvalue weighted by Gasteiger charge is -2.34. The predicted molar refractivity (Wildman–Crippen MR) is 87.2 cm³/mol. The largest absolute Gasteiger partial charge is 0.365 e. The zero-order chi connectivity index (χ0) is 15.2. The third-order valence-corrected chi connectivity index (χ3v) is 4.85. The summed E-state index contributed by atoms with van der Waals surface area (Å²) < 4.78 is 0. The van der Waals surface area contributed by atoms with E-state index in [1.165, 1.54) is 6.42 Å². The summed E-state index contributed by atoms with van der Waals surface area (Å²) in [7, 11) is 0. The van der Waals surface area contributed by atoms with E-state index in [2.05, 4.69) is 29.4 Å². The zero-order valence-electron chi connectivity index (χ0n) is 12.8. The van der Waals surface area contributed by atoms with Crippen molar-refractivity contribution in [3.8, 4) is 0 Å². The first kappa shape index (κ1) is 14.7. The molecule has 0 radical (unpaired) electrons. The fourth-order valence-electron chi connectivity index (χ4n) is 3.44. The van der Waals surface area contributed by atoms with Gasteiger partial charge in [-0.2, -0.15) is 0 Å². The molecule has 2 aliphatic heterocycles. The van der Waals surface area contributed by atoms with Crippen LogP contribution in [0.3, 0.4) is 0 Å². The van der Waals surface area contributed by atoms with Crippen LogP contribution >= 0.6 is 11.6 Å². The molecule has 2 aliphatic rings. The molecule has 1 amide bonds. The Morgan fingerprint density at radius 2 is 2.24 bits per heavy atom. The quantitative estimate of drug-likeness (QED) is 0.900. The Bertz CT molecular complexity index is 585. The summed E-state index contributed by atoms with van der Waals surface area (Å²) in [5.41, 5.74) is 2.97. The first-order valence-corrected chi connectivity index (χ1v) is 7.97. The maximum absolute atomic E-state index is 12.1. The van der Waals surface area contributed by atoms with Gasteiger partial charge in [0.25, 0.3) is 0 Å². The molecule has 1 unspecified atom stereocenters. The van der Waals surface area contributed by atoms with Crippen LogP contribution in [0.15, 0.2) is 12.1 Å². The number of hydrogen-bond acceptors (Lipinski definition) is 3. The number of halogens is 1. The number of hydrogen-bond donors (Lipinski definition) is 2. The van der Waals surface area contributed by atoms with E-state index in [-0.39, 0.29) is 17.5 Å². The molecule has 0 spiro atoms. The van der Waals surface area contributed by atoms with E-state index in [4.69, 9.17) is 11.6 Å². The van der Waals surface area contributed by atoms with Crippen LogP contribution in [0.5, 0.6) is 0 Å². The zero-order valence-corrected chi connectivity index (χ0v) is 13.5. The number of carbonyl (C=O) groups excluding carboxylic acids is 1. The van der Waals surface area contributed by atoms with E-state index in [0.717, 1.165) is 41.5 Å². The van der Waals surface area contributed by atoms with Crippen LogP contribution in [0.2, 0.25) is 5.02 Å². The third kappa shape index (κ3) is 2.40. The van der Waals surface area contributed by atoms with Gasteiger partial charge in [-0.15, -0.1) is 0 Å². The molecular formula is C16H22ClN3O. The van der Waals surface area contributed by atoms with Gasteiger partial charge in [0.2, 0.25) is 5.91 Å². The van der Waals surface area contributed by atoms with Gasteiger partial charge in [0.1, 0.15) is 6.04 Å². The first-order valence-electron chi connectivity index (χ1n) is 7.59.